The van der Waals surface area contributed by atoms with Crippen molar-refractivity contribution in [2.45, 2.75) is 62.7 Å². The van der Waals surface area contributed by atoms with Gasteiger partial charge in [-0.1, -0.05) is 31.4 Å². The number of methoxy groups -OCH3 is 1. The molecule has 2 N–H and O–H groups in total. The molecule has 2 fully saturated rings. The highest BCUT2D eigenvalue weighted by atomic mass is 16.5. The quantitative estimate of drug-likeness (QED) is 0.888. The van der Waals surface area contributed by atoms with Gasteiger partial charge in [0.2, 0.25) is 5.91 Å². The van der Waals surface area contributed by atoms with Crippen LogP contribution in [0.2, 0.25) is 0 Å². The molecule has 1 aliphatic heterocycles. The van der Waals surface area contributed by atoms with Gasteiger partial charge in [-0.25, -0.2) is 0 Å². The Balaban J connectivity index is 1.75. The molecule has 1 aliphatic carbocycles. The third kappa shape index (κ3) is 3.73. The summed E-state index contributed by atoms with van der Waals surface area (Å²) >= 11 is 0. The lowest BCUT2D eigenvalue weighted by molar-refractivity contribution is -0.139. The average molecular weight is 333 g/mol. The minimum absolute atomic E-state index is 0.0660. The van der Waals surface area contributed by atoms with Crippen LogP contribution in [0.4, 0.5) is 0 Å². The molecular formula is C19H27NO4. The van der Waals surface area contributed by atoms with Crippen molar-refractivity contribution in [3.63, 3.8) is 0 Å². The Kier molecular flexibility index (Phi) is 5.11. The first-order chi connectivity index (χ1) is 11.5. The fraction of sp³-hybridized carbons (Fsp3) is 0.632. The van der Waals surface area contributed by atoms with E-state index in [9.17, 15) is 15.0 Å². The molecule has 1 aromatic rings. The highest BCUT2D eigenvalue weighted by molar-refractivity contribution is 5.78. The molecule has 132 valence electrons. The first-order valence-electron chi connectivity index (χ1n) is 8.85. The summed E-state index contributed by atoms with van der Waals surface area (Å²) in [6.07, 6.45) is 4.63. The standard InChI is InChI=1S/C19H27NO4/c1-24-16-7-5-6-14(10-16)17-11-15(21)13-20(17)18(22)12-19(23)8-3-2-4-9-19/h5-7,10,15,17,21,23H,2-4,8-9,11-13H2,1H3/t15-,17-/m0/s1. The number of benzene rings is 1. The lowest BCUT2D eigenvalue weighted by Crippen LogP contribution is -2.40. The summed E-state index contributed by atoms with van der Waals surface area (Å²) in [5.41, 5.74) is 0.0943. The smallest absolute Gasteiger partial charge is 0.226 e. The van der Waals surface area contributed by atoms with E-state index in [1.807, 2.05) is 24.3 Å². The number of carbonyl (C=O) groups is 1. The second kappa shape index (κ2) is 7.11. The van der Waals surface area contributed by atoms with Crippen LogP contribution >= 0.6 is 0 Å². The Hall–Kier alpha value is -1.59. The van der Waals surface area contributed by atoms with Crippen LogP contribution in [0.25, 0.3) is 0 Å². The van der Waals surface area contributed by atoms with Gasteiger partial charge < -0.3 is 19.8 Å². The minimum Gasteiger partial charge on any atom is -0.497 e. The van der Waals surface area contributed by atoms with Gasteiger partial charge in [0.25, 0.3) is 0 Å². The molecule has 0 unspecified atom stereocenters. The highest BCUT2D eigenvalue weighted by Crippen LogP contribution is 2.37. The summed E-state index contributed by atoms with van der Waals surface area (Å²) < 4.78 is 5.27. The maximum absolute atomic E-state index is 12.8. The Morgan fingerprint density at radius 2 is 2.08 bits per heavy atom. The molecule has 5 nitrogen and oxygen atoms in total. The summed E-state index contributed by atoms with van der Waals surface area (Å²) in [7, 11) is 1.62. The summed E-state index contributed by atoms with van der Waals surface area (Å²) in [6.45, 7) is 0.330. The number of aliphatic hydroxyl groups is 2. The van der Waals surface area contributed by atoms with E-state index in [-0.39, 0.29) is 18.4 Å². The van der Waals surface area contributed by atoms with Gasteiger partial charge >= 0.3 is 0 Å². The number of nitrogens with zero attached hydrogens (tertiary/aromatic N) is 1. The molecule has 1 amide bonds. The molecule has 3 rings (SSSR count). The van der Waals surface area contributed by atoms with Crippen molar-refractivity contribution in [3.05, 3.63) is 29.8 Å². The number of amides is 1. The van der Waals surface area contributed by atoms with Crippen LogP contribution in [0.1, 0.15) is 56.6 Å². The number of hydrogen-bond donors (Lipinski definition) is 2. The van der Waals surface area contributed by atoms with Gasteiger partial charge in [-0.3, -0.25) is 4.79 Å². The normalized spacial score (nSPS) is 26.4. The molecule has 1 aromatic carbocycles. The third-order valence-electron chi connectivity index (χ3n) is 5.34. The lowest BCUT2D eigenvalue weighted by Gasteiger charge is -2.34. The number of carbonyl (C=O) groups excluding carboxylic acids is 1. The van der Waals surface area contributed by atoms with Gasteiger partial charge in [-0.15, -0.1) is 0 Å². The number of aliphatic hydroxyl groups excluding tert-OH is 1. The van der Waals surface area contributed by atoms with Crippen molar-refractivity contribution in [1.82, 2.24) is 4.90 Å². The molecular weight excluding hydrogens is 306 g/mol. The molecule has 5 heteroatoms. The van der Waals surface area contributed by atoms with Gasteiger partial charge in [0.1, 0.15) is 5.75 Å². The molecule has 0 radical (unpaired) electrons. The predicted molar refractivity (Wildman–Crippen MR) is 90.7 cm³/mol. The number of hydrogen-bond acceptors (Lipinski definition) is 4. The van der Waals surface area contributed by atoms with Crippen molar-refractivity contribution in [2.24, 2.45) is 0 Å². The van der Waals surface area contributed by atoms with Crippen LogP contribution in [-0.2, 0) is 4.79 Å². The Labute approximate surface area is 143 Å². The number of β-amino-alcohol motifs (C(OH)–C–C–N with tert-alkyl or cyclic N) is 1. The summed E-state index contributed by atoms with van der Waals surface area (Å²) in [5, 5.41) is 20.8. The summed E-state index contributed by atoms with van der Waals surface area (Å²) in [4.78, 5) is 14.6. The van der Waals surface area contributed by atoms with Crippen LogP contribution < -0.4 is 4.74 Å². The van der Waals surface area contributed by atoms with Crippen LogP contribution in [0.3, 0.4) is 0 Å². The zero-order valence-corrected chi connectivity index (χ0v) is 14.3. The monoisotopic (exact) mass is 333 g/mol. The molecule has 1 saturated carbocycles. The molecule has 0 aromatic heterocycles. The summed E-state index contributed by atoms with van der Waals surface area (Å²) in [5.74, 6) is 0.677. The minimum atomic E-state index is -0.873. The van der Waals surface area contributed by atoms with Gasteiger partial charge in [0.05, 0.1) is 31.3 Å². The molecule has 2 atom stereocenters. The largest absolute Gasteiger partial charge is 0.497 e. The molecule has 1 heterocycles. The number of likely N-dealkylation sites (tertiary alicyclic amines) is 1. The van der Waals surface area contributed by atoms with Gasteiger partial charge in [-0.05, 0) is 37.0 Å². The van der Waals surface area contributed by atoms with Gasteiger partial charge in [0, 0.05) is 6.54 Å². The van der Waals surface area contributed by atoms with Gasteiger partial charge in [0.15, 0.2) is 0 Å². The SMILES string of the molecule is COc1cccc([C@@H]2C[C@H](O)CN2C(=O)CC2(O)CCCCC2)c1. The maximum atomic E-state index is 12.8. The van der Waals surface area contributed by atoms with E-state index in [0.29, 0.717) is 25.8 Å². The Morgan fingerprint density at radius 3 is 2.79 bits per heavy atom. The average Bonchev–Trinajstić information content (AvgIpc) is 2.97. The fourth-order valence-electron chi connectivity index (χ4n) is 4.02. The summed E-state index contributed by atoms with van der Waals surface area (Å²) in [6, 6.07) is 7.48. The highest BCUT2D eigenvalue weighted by Gasteiger charge is 2.39. The molecule has 24 heavy (non-hydrogen) atoms. The molecule has 0 bridgehead atoms. The van der Waals surface area contributed by atoms with Crippen LogP contribution in [-0.4, -0.2) is 46.4 Å². The topological polar surface area (TPSA) is 70.0 Å². The lowest BCUT2D eigenvalue weighted by atomic mass is 9.82. The van der Waals surface area contributed by atoms with Gasteiger partial charge in [-0.2, -0.15) is 0 Å². The second-order valence-electron chi connectivity index (χ2n) is 7.19. The van der Waals surface area contributed by atoms with E-state index in [1.54, 1.807) is 12.0 Å². The Bertz CT molecular complexity index is 582. The van der Waals surface area contributed by atoms with Crippen molar-refractivity contribution in [2.75, 3.05) is 13.7 Å². The van der Waals surface area contributed by atoms with Crippen molar-refractivity contribution < 1.29 is 19.7 Å². The van der Waals surface area contributed by atoms with E-state index in [2.05, 4.69) is 0 Å². The first-order valence-corrected chi connectivity index (χ1v) is 8.85. The van der Waals surface area contributed by atoms with Crippen molar-refractivity contribution in [1.29, 1.82) is 0 Å². The number of ether oxygens (including phenoxy) is 1. The zero-order chi connectivity index (χ0) is 17.2. The third-order valence-corrected chi connectivity index (χ3v) is 5.34. The maximum Gasteiger partial charge on any atom is 0.226 e. The van der Waals surface area contributed by atoms with E-state index >= 15 is 0 Å². The van der Waals surface area contributed by atoms with E-state index < -0.39 is 11.7 Å². The number of rotatable bonds is 4. The molecule has 0 spiro atoms. The van der Waals surface area contributed by atoms with E-state index in [1.165, 1.54) is 0 Å². The fourth-order valence-corrected chi connectivity index (χ4v) is 4.02. The van der Waals surface area contributed by atoms with Crippen LogP contribution in [0, 0.1) is 0 Å². The van der Waals surface area contributed by atoms with Crippen molar-refractivity contribution in [3.8, 4) is 5.75 Å². The zero-order valence-electron chi connectivity index (χ0n) is 14.3. The van der Waals surface area contributed by atoms with E-state index in [4.69, 9.17) is 4.74 Å². The Morgan fingerprint density at radius 1 is 1.33 bits per heavy atom. The van der Waals surface area contributed by atoms with Crippen LogP contribution in [0.15, 0.2) is 24.3 Å². The molecule has 2 aliphatic rings. The molecule has 1 saturated heterocycles. The van der Waals surface area contributed by atoms with E-state index in [0.717, 1.165) is 30.6 Å². The first kappa shape index (κ1) is 17.2. The predicted octanol–water partition coefficient (Wildman–Crippen LogP) is 2.41. The van der Waals surface area contributed by atoms with Crippen molar-refractivity contribution >= 4 is 5.91 Å². The van der Waals surface area contributed by atoms with Crippen LogP contribution in [0.5, 0.6) is 5.75 Å². The second-order valence-corrected chi connectivity index (χ2v) is 7.19.